The van der Waals surface area contributed by atoms with E-state index in [1.165, 1.54) is 0 Å². The Morgan fingerprint density at radius 3 is 2.52 bits per heavy atom. The molecule has 8 heteroatoms. The quantitative estimate of drug-likeness (QED) is 0.303. The highest BCUT2D eigenvalue weighted by atomic mass is 127. The number of rotatable bonds is 7. The normalized spacial score (nSPS) is 15.1. The van der Waals surface area contributed by atoms with Crippen molar-refractivity contribution in [1.82, 2.24) is 16.0 Å². The van der Waals surface area contributed by atoms with Crippen molar-refractivity contribution in [2.75, 3.05) is 26.7 Å². The second kappa shape index (κ2) is 12.2. The topological polar surface area (TPSA) is 84.0 Å². The highest BCUT2D eigenvalue weighted by Crippen LogP contribution is 2.30. The maximum atomic E-state index is 12.0. The Morgan fingerprint density at radius 1 is 1.03 bits per heavy atom. The van der Waals surface area contributed by atoms with Gasteiger partial charge < -0.3 is 25.4 Å². The van der Waals surface area contributed by atoms with Crippen molar-refractivity contribution in [2.24, 2.45) is 4.99 Å². The SMILES string of the molecule is CN=C(NCCC(=O)NCc1ccccc1)NCC1COc2ccccc2O1.I. The first-order chi connectivity index (χ1) is 13.7. The summed E-state index contributed by atoms with van der Waals surface area (Å²) in [7, 11) is 1.69. The number of guanidine groups is 1. The Labute approximate surface area is 188 Å². The van der Waals surface area contributed by atoms with E-state index in [2.05, 4.69) is 20.9 Å². The first-order valence-electron chi connectivity index (χ1n) is 9.38. The van der Waals surface area contributed by atoms with Gasteiger partial charge in [0.05, 0.1) is 6.54 Å². The molecule has 0 fully saturated rings. The van der Waals surface area contributed by atoms with Crippen molar-refractivity contribution in [3.63, 3.8) is 0 Å². The van der Waals surface area contributed by atoms with Crippen LogP contribution in [-0.4, -0.2) is 44.7 Å². The molecule has 1 amide bonds. The van der Waals surface area contributed by atoms with Gasteiger partial charge in [-0.25, -0.2) is 0 Å². The molecule has 29 heavy (non-hydrogen) atoms. The summed E-state index contributed by atoms with van der Waals surface area (Å²) in [5.74, 6) is 2.13. The second-order valence-corrected chi connectivity index (χ2v) is 6.39. The number of ether oxygens (including phenoxy) is 2. The van der Waals surface area contributed by atoms with E-state index >= 15 is 0 Å². The third-order valence-electron chi connectivity index (χ3n) is 4.27. The molecule has 2 aromatic carbocycles. The Kier molecular flexibility index (Phi) is 9.55. The van der Waals surface area contributed by atoms with Crippen LogP contribution in [0.3, 0.4) is 0 Å². The van der Waals surface area contributed by atoms with Crippen molar-refractivity contribution < 1.29 is 14.3 Å². The average molecular weight is 510 g/mol. The average Bonchev–Trinajstić information content (AvgIpc) is 2.75. The molecule has 0 aromatic heterocycles. The van der Waals surface area contributed by atoms with Gasteiger partial charge >= 0.3 is 0 Å². The van der Waals surface area contributed by atoms with Crippen molar-refractivity contribution in [1.29, 1.82) is 0 Å². The molecule has 3 N–H and O–H groups in total. The molecule has 0 aliphatic carbocycles. The molecule has 156 valence electrons. The van der Waals surface area contributed by atoms with E-state index in [9.17, 15) is 4.79 Å². The number of hydrogen-bond acceptors (Lipinski definition) is 4. The van der Waals surface area contributed by atoms with Gasteiger partial charge in [-0.1, -0.05) is 42.5 Å². The Morgan fingerprint density at radius 2 is 1.76 bits per heavy atom. The lowest BCUT2D eigenvalue weighted by atomic mass is 10.2. The van der Waals surface area contributed by atoms with Crippen molar-refractivity contribution >= 4 is 35.8 Å². The van der Waals surface area contributed by atoms with E-state index < -0.39 is 0 Å². The number of halogens is 1. The zero-order chi connectivity index (χ0) is 19.6. The number of carbonyl (C=O) groups is 1. The third-order valence-corrected chi connectivity index (χ3v) is 4.27. The number of hydrogen-bond donors (Lipinski definition) is 3. The molecule has 2 aromatic rings. The van der Waals surface area contributed by atoms with Crippen LogP contribution in [0.15, 0.2) is 59.6 Å². The molecular formula is C21H27IN4O3. The van der Waals surface area contributed by atoms with Crippen LogP contribution < -0.4 is 25.4 Å². The first-order valence-corrected chi connectivity index (χ1v) is 9.38. The molecule has 1 unspecified atom stereocenters. The molecule has 1 heterocycles. The summed E-state index contributed by atoms with van der Waals surface area (Å²) < 4.78 is 11.6. The lowest BCUT2D eigenvalue weighted by Gasteiger charge is -2.27. The van der Waals surface area contributed by atoms with Crippen LogP contribution in [0.1, 0.15) is 12.0 Å². The number of fused-ring (bicyclic) bond motifs is 1. The minimum absolute atomic E-state index is 0. The zero-order valence-corrected chi connectivity index (χ0v) is 18.7. The smallest absolute Gasteiger partial charge is 0.222 e. The minimum atomic E-state index is -0.109. The summed E-state index contributed by atoms with van der Waals surface area (Å²) in [5, 5.41) is 9.25. The number of carbonyl (C=O) groups excluding carboxylic acids is 1. The lowest BCUT2D eigenvalue weighted by Crippen LogP contribution is -2.46. The Hall–Kier alpha value is -2.49. The monoisotopic (exact) mass is 510 g/mol. The van der Waals surface area contributed by atoms with E-state index in [4.69, 9.17) is 9.47 Å². The fourth-order valence-electron chi connectivity index (χ4n) is 2.77. The van der Waals surface area contributed by atoms with Crippen LogP contribution >= 0.6 is 24.0 Å². The van der Waals surface area contributed by atoms with Gasteiger partial charge in [-0.2, -0.15) is 0 Å². The van der Waals surface area contributed by atoms with Crippen LogP contribution in [-0.2, 0) is 11.3 Å². The highest BCUT2D eigenvalue weighted by molar-refractivity contribution is 14.0. The van der Waals surface area contributed by atoms with Crippen LogP contribution in [0.5, 0.6) is 11.5 Å². The number of amides is 1. The van der Waals surface area contributed by atoms with E-state index in [0.717, 1.165) is 17.1 Å². The minimum Gasteiger partial charge on any atom is -0.486 e. The third kappa shape index (κ3) is 7.45. The van der Waals surface area contributed by atoms with Crippen LogP contribution in [0.4, 0.5) is 0 Å². The van der Waals surface area contributed by atoms with E-state index in [1.807, 2.05) is 54.6 Å². The zero-order valence-electron chi connectivity index (χ0n) is 16.4. The molecule has 1 atom stereocenters. The number of nitrogens with one attached hydrogen (secondary N) is 3. The van der Waals surface area contributed by atoms with Gasteiger partial charge in [-0.15, -0.1) is 24.0 Å². The molecule has 0 bridgehead atoms. The summed E-state index contributed by atoms with van der Waals surface area (Å²) in [4.78, 5) is 16.1. The largest absolute Gasteiger partial charge is 0.486 e. The Balaban J connectivity index is 0.00000300. The van der Waals surface area contributed by atoms with Crippen molar-refractivity contribution in [3.8, 4) is 11.5 Å². The molecule has 3 rings (SSSR count). The second-order valence-electron chi connectivity index (χ2n) is 6.39. The lowest BCUT2D eigenvalue weighted by molar-refractivity contribution is -0.121. The molecule has 1 aliphatic heterocycles. The number of aliphatic imine (C=N–C) groups is 1. The standard InChI is InChI=1S/C21H26N4O3.HI/c1-22-21(23-12-11-20(26)24-13-16-7-3-2-4-8-16)25-14-17-15-27-18-9-5-6-10-19(18)28-17;/h2-10,17H,11-15H2,1H3,(H,24,26)(H2,22,23,25);1H. The first kappa shape index (κ1) is 22.8. The fraction of sp³-hybridized carbons (Fsp3) is 0.333. The number of nitrogens with zero attached hydrogens (tertiary/aromatic N) is 1. The van der Waals surface area contributed by atoms with Gasteiger partial charge in [0, 0.05) is 26.6 Å². The van der Waals surface area contributed by atoms with E-state index in [0.29, 0.717) is 38.6 Å². The summed E-state index contributed by atoms with van der Waals surface area (Å²) in [6.45, 7) is 2.05. The van der Waals surface area contributed by atoms with Crippen LogP contribution in [0.25, 0.3) is 0 Å². The number of para-hydroxylation sites is 2. The van der Waals surface area contributed by atoms with E-state index in [1.54, 1.807) is 7.05 Å². The van der Waals surface area contributed by atoms with Crippen molar-refractivity contribution in [3.05, 3.63) is 60.2 Å². The van der Waals surface area contributed by atoms with Crippen molar-refractivity contribution in [2.45, 2.75) is 19.1 Å². The number of benzene rings is 2. The molecule has 0 radical (unpaired) electrons. The van der Waals surface area contributed by atoms with Gasteiger partial charge in [0.2, 0.25) is 5.91 Å². The molecular weight excluding hydrogens is 483 g/mol. The molecule has 1 aliphatic rings. The summed E-state index contributed by atoms with van der Waals surface area (Å²) in [6.07, 6.45) is 0.256. The molecule has 7 nitrogen and oxygen atoms in total. The summed E-state index contributed by atoms with van der Waals surface area (Å²) in [5.41, 5.74) is 1.08. The highest BCUT2D eigenvalue weighted by Gasteiger charge is 2.20. The Bertz CT molecular complexity index is 802. The predicted octanol–water partition coefficient (Wildman–Crippen LogP) is 2.32. The van der Waals surface area contributed by atoms with E-state index in [-0.39, 0.29) is 36.0 Å². The molecule has 0 saturated heterocycles. The molecule has 0 saturated carbocycles. The molecule has 0 spiro atoms. The van der Waals surface area contributed by atoms with Gasteiger partial charge in [-0.3, -0.25) is 9.79 Å². The summed E-state index contributed by atoms with van der Waals surface area (Å²) >= 11 is 0. The summed E-state index contributed by atoms with van der Waals surface area (Å²) in [6, 6.07) is 17.5. The van der Waals surface area contributed by atoms with Gasteiger partial charge in [0.15, 0.2) is 17.5 Å². The van der Waals surface area contributed by atoms with Gasteiger partial charge in [0.25, 0.3) is 0 Å². The fourth-order valence-corrected chi connectivity index (χ4v) is 2.77. The van der Waals surface area contributed by atoms with Crippen LogP contribution in [0.2, 0.25) is 0 Å². The van der Waals surface area contributed by atoms with Gasteiger partial charge in [0.1, 0.15) is 12.7 Å². The predicted molar refractivity (Wildman–Crippen MR) is 124 cm³/mol. The van der Waals surface area contributed by atoms with Crippen LogP contribution in [0, 0.1) is 0 Å². The maximum absolute atomic E-state index is 12.0. The van der Waals surface area contributed by atoms with Gasteiger partial charge in [-0.05, 0) is 17.7 Å². The maximum Gasteiger partial charge on any atom is 0.222 e.